The van der Waals surface area contributed by atoms with Crippen molar-refractivity contribution in [3.05, 3.63) is 22.4 Å². The Labute approximate surface area is 93.7 Å². The molecule has 0 unspecified atom stereocenters. The molecule has 0 N–H and O–H groups in total. The zero-order valence-electron chi connectivity index (χ0n) is 8.81. The second-order valence-electron chi connectivity index (χ2n) is 3.83. The van der Waals surface area contributed by atoms with Gasteiger partial charge < -0.3 is 9.64 Å². The predicted molar refractivity (Wildman–Crippen MR) is 60.0 cm³/mol. The summed E-state index contributed by atoms with van der Waals surface area (Å²) in [6, 6.07) is 2.01. The molecule has 0 bridgehead atoms. The SMILES string of the molecule is C[C@H]1CN(C(=O)Cc2ccsc2)CCO1. The van der Waals surface area contributed by atoms with Crippen LogP contribution in [0.4, 0.5) is 0 Å². The maximum absolute atomic E-state index is 11.9. The molecule has 0 saturated carbocycles. The molecule has 0 aromatic carbocycles. The summed E-state index contributed by atoms with van der Waals surface area (Å²) in [5, 5.41) is 4.03. The summed E-state index contributed by atoms with van der Waals surface area (Å²) in [6.07, 6.45) is 0.695. The molecule has 2 rings (SSSR count). The van der Waals surface area contributed by atoms with Crippen molar-refractivity contribution >= 4 is 17.2 Å². The molecule has 1 aromatic rings. The fourth-order valence-electron chi connectivity index (χ4n) is 1.72. The molecular weight excluding hydrogens is 210 g/mol. The van der Waals surface area contributed by atoms with Crippen LogP contribution in [0.25, 0.3) is 0 Å². The second-order valence-corrected chi connectivity index (χ2v) is 4.61. The Morgan fingerprint density at radius 2 is 2.60 bits per heavy atom. The molecule has 4 heteroatoms. The van der Waals surface area contributed by atoms with E-state index in [0.717, 1.165) is 18.7 Å². The third-order valence-corrected chi connectivity index (χ3v) is 3.26. The number of hydrogen-bond donors (Lipinski definition) is 0. The van der Waals surface area contributed by atoms with Gasteiger partial charge in [-0.15, -0.1) is 0 Å². The number of morpholine rings is 1. The van der Waals surface area contributed by atoms with E-state index in [9.17, 15) is 4.79 Å². The molecule has 0 radical (unpaired) electrons. The lowest BCUT2D eigenvalue weighted by atomic mass is 10.2. The zero-order valence-corrected chi connectivity index (χ0v) is 9.63. The van der Waals surface area contributed by atoms with Gasteiger partial charge in [-0.1, -0.05) is 0 Å². The van der Waals surface area contributed by atoms with Crippen LogP contribution in [0.15, 0.2) is 16.8 Å². The molecule has 0 aliphatic carbocycles. The molecular formula is C11H15NO2S. The highest BCUT2D eigenvalue weighted by molar-refractivity contribution is 7.07. The average molecular weight is 225 g/mol. The zero-order chi connectivity index (χ0) is 10.7. The van der Waals surface area contributed by atoms with E-state index in [1.54, 1.807) is 11.3 Å². The van der Waals surface area contributed by atoms with Gasteiger partial charge in [0.25, 0.3) is 0 Å². The standard InChI is InChI=1S/C11H15NO2S/c1-9-7-12(3-4-14-9)11(13)6-10-2-5-15-8-10/h2,5,8-9H,3-4,6-7H2,1H3/t9-/m0/s1. The van der Waals surface area contributed by atoms with E-state index in [1.165, 1.54) is 0 Å². The van der Waals surface area contributed by atoms with E-state index in [0.29, 0.717) is 13.0 Å². The molecule has 2 heterocycles. The number of amides is 1. The summed E-state index contributed by atoms with van der Waals surface area (Å²) in [5.74, 6) is 0.212. The van der Waals surface area contributed by atoms with E-state index in [4.69, 9.17) is 4.74 Å². The van der Waals surface area contributed by atoms with E-state index >= 15 is 0 Å². The Morgan fingerprint density at radius 1 is 1.73 bits per heavy atom. The van der Waals surface area contributed by atoms with Crippen LogP contribution in [0.5, 0.6) is 0 Å². The lowest BCUT2D eigenvalue weighted by Crippen LogP contribution is -2.45. The minimum absolute atomic E-state index is 0.171. The minimum Gasteiger partial charge on any atom is -0.375 e. The molecule has 1 fully saturated rings. The summed E-state index contributed by atoms with van der Waals surface area (Å²) < 4.78 is 5.40. The van der Waals surface area contributed by atoms with Gasteiger partial charge in [-0.05, 0) is 29.3 Å². The van der Waals surface area contributed by atoms with Gasteiger partial charge in [-0.3, -0.25) is 4.79 Å². The Hall–Kier alpha value is -0.870. The molecule has 1 aliphatic rings. The Kier molecular flexibility index (Phi) is 3.38. The molecule has 0 spiro atoms. The van der Waals surface area contributed by atoms with Crippen molar-refractivity contribution in [2.24, 2.45) is 0 Å². The van der Waals surface area contributed by atoms with Gasteiger partial charge in [-0.25, -0.2) is 0 Å². The van der Waals surface area contributed by atoms with Gasteiger partial charge in [0.15, 0.2) is 0 Å². The monoisotopic (exact) mass is 225 g/mol. The molecule has 3 nitrogen and oxygen atoms in total. The van der Waals surface area contributed by atoms with E-state index in [2.05, 4.69) is 0 Å². The van der Waals surface area contributed by atoms with Crippen LogP contribution >= 0.6 is 11.3 Å². The Morgan fingerprint density at radius 3 is 3.27 bits per heavy atom. The molecule has 1 amide bonds. The van der Waals surface area contributed by atoms with Crippen LogP contribution in [0, 0.1) is 0 Å². The van der Waals surface area contributed by atoms with Crippen LogP contribution in [-0.2, 0) is 16.0 Å². The van der Waals surface area contributed by atoms with Crippen molar-refractivity contribution in [2.75, 3.05) is 19.7 Å². The number of hydrogen-bond acceptors (Lipinski definition) is 3. The fourth-order valence-corrected chi connectivity index (χ4v) is 2.39. The van der Waals surface area contributed by atoms with Crippen molar-refractivity contribution < 1.29 is 9.53 Å². The number of carbonyl (C=O) groups is 1. The van der Waals surface area contributed by atoms with Crippen molar-refractivity contribution in [1.29, 1.82) is 0 Å². The highest BCUT2D eigenvalue weighted by Crippen LogP contribution is 2.10. The molecule has 1 atom stereocenters. The van der Waals surface area contributed by atoms with Gasteiger partial charge in [0.1, 0.15) is 0 Å². The van der Waals surface area contributed by atoms with Crippen LogP contribution in [0.1, 0.15) is 12.5 Å². The van der Waals surface area contributed by atoms with Crippen LogP contribution in [0.2, 0.25) is 0 Å². The normalized spacial score (nSPS) is 21.7. The highest BCUT2D eigenvalue weighted by Gasteiger charge is 2.21. The molecule has 1 saturated heterocycles. The maximum atomic E-state index is 11.9. The topological polar surface area (TPSA) is 29.5 Å². The van der Waals surface area contributed by atoms with Crippen molar-refractivity contribution in [2.45, 2.75) is 19.4 Å². The highest BCUT2D eigenvalue weighted by atomic mass is 32.1. The summed E-state index contributed by atoms with van der Waals surface area (Å²) in [4.78, 5) is 13.8. The largest absolute Gasteiger partial charge is 0.375 e. The summed E-state index contributed by atoms with van der Waals surface area (Å²) in [7, 11) is 0. The number of carbonyl (C=O) groups excluding carboxylic acids is 1. The van der Waals surface area contributed by atoms with E-state index in [-0.39, 0.29) is 12.0 Å². The predicted octanol–water partition coefficient (Wildman–Crippen LogP) is 1.54. The maximum Gasteiger partial charge on any atom is 0.227 e. The van der Waals surface area contributed by atoms with Crippen molar-refractivity contribution in [1.82, 2.24) is 4.90 Å². The van der Waals surface area contributed by atoms with Crippen molar-refractivity contribution in [3.63, 3.8) is 0 Å². The van der Waals surface area contributed by atoms with Gasteiger partial charge in [0.2, 0.25) is 5.91 Å². The Bertz CT molecular complexity index is 323. The minimum atomic E-state index is 0.171. The first-order chi connectivity index (χ1) is 7.25. The first-order valence-corrected chi connectivity index (χ1v) is 6.10. The number of rotatable bonds is 2. The lowest BCUT2D eigenvalue weighted by molar-refractivity contribution is -0.137. The smallest absolute Gasteiger partial charge is 0.227 e. The molecule has 15 heavy (non-hydrogen) atoms. The van der Waals surface area contributed by atoms with Gasteiger partial charge in [0, 0.05) is 13.1 Å². The Balaban J connectivity index is 1.90. The average Bonchev–Trinajstić information content (AvgIpc) is 2.70. The summed E-state index contributed by atoms with van der Waals surface area (Å²) in [6.45, 7) is 4.12. The van der Waals surface area contributed by atoms with Crippen LogP contribution in [-0.4, -0.2) is 36.6 Å². The second kappa shape index (κ2) is 4.77. The summed E-state index contributed by atoms with van der Waals surface area (Å²) >= 11 is 1.63. The van der Waals surface area contributed by atoms with E-state index in [1.807, 2.05) is 28.7 Å². The lowest BCUT2D eigenvalue weighted by Gasteiger charge is -2.31. The quantitative estimate of drug-likeness (QED) is 0.764. The van der Waals surface area contributed by atoms with Crippen molar-refractivity contribution in [3.8, 4) is 0 Å². The van der Waals surface area contributed by atoms with E-state index < -0.39 is 0 Å². The first-order valence-electron chi connectivity index (χ1n) is 5.16. The number of thiophene rings is 1. The van der Waals surface area contributed by atoms with Crippen LogP contribution < -0.4 is 0 Å². The molecule has 1 aliphatic heterocycles. The molecule has 82 valence electrons. The van der Waals surface area contributed by atoms with Crippen LogP contribution in [0.3, 0.4) is 0 Å². The van der Waals surface area contributed by atoms with Gasteiger partial charge >= 0.3 is 0 Å². The fraction of sp³-hybridized carbons (Fsp3) is 0.545. The van der Waals surface area contributed by atoms with Gasteiger partial charge in [0.05, 0.1) is 19.1 Å². The summed E-state index contributed by atoms with van der Waals surface area (Å²) in [5.41, 5.74) is 1.11. The van der Waals surface area contributed by atoms with Gasteiger partial charge in [-0.2, -0.15) is 11.3 Å². The molecule has 1 aromatic heterocycles. The third-order valence-electron chi connectivity index (χ3n) is 2.53. The first kappa shape index (κ1) is 10.6. The number of ether oxygens (including phenoxy) is 1. The third kappa shape index (κ3) is 2.79. The number of nitrogens with zero attached hydrogens (tertiary/aromatic N) is 1.